The fourth-order valence-corrected chi connectivity index (χ4v) is 4.47. The second-order valence-corrected chi connectivity index (χ2v) is 8.08. The second-order valence-electron chi connectivity index (χ2n) is 8.08. The van der Waals surface area contributed by atoms with Gasteiger partial charge in [-0.25, -0.2) is 0 Å². The standard InChI is InChI=1S/C26H34O/c1-3-4-5-6-7-11-17-25-23(20-19-21-14-9-8-10-15-21)22-16-12-13-18-24(22)26(25,2)27/h8-10,12-16,18,27H,3-7,11,17,19-20H2,1-2H3. The monoisotopic (exact) mass is 362 g/mol. The fourth-order valence-electron chi connectivity index (χ4n) is 4.47. The molecule has 0 saturated heterocycles. The quantitative estimate of drug-likeness (QED) is 0.449. The molecule has 27 heavy (non-hydrogen) atoms. The molecule has 1 atom stereocenters. The van der Waals surface area contributed by atoms with Gasteiger partial charge >= 0.3 is 0 Å². The molecule has 144 valence electrons. The first kappa shape index (κ1) is 19.9. The molecular weight excluding hydrogens is 328 g/mol. The van der Waals surface area contributed by atoms with Gasteiger partial charge in [0.25, 0.3) is 0 Å². The topological polar surface area (TPSA) is 20.2 Å². The van der Waals surface area contributed by atoms with E-state index in [0.717, 1.165) is 24.8 Å². The van der Waals surface area contributed by atoms with Crippen molar-refractivity contribution in [3.05, 3.63) is 76.9 Å². The normalized spacial score (nSPS) is 18.8. The summed E-state index contributed by atoms with van der Waals surface area (Å²) in [6.07, 6.45) is 10.8. The molecule has 1 aliphatic rings. The van der Waals surface area contributed by atoms with Gasteiger partial charge in [-0.1, -0.05) is 93.6 Å². The lowest BCUT2D eigenvalue weighted by Crippen LogP contribution is -2.21. The van der Waals surface area contributed by atoms with Gasteiger partial charge in [0, 0.05) is 0 Å². The first-order valence-corrected chi connectivity index (χ1v) is 10.7. The first-order chi connectivity index (χ1) is 13.1. The van der Waals surface area contributed by atoms with Crippen LogP contribution in [0.3, 0.4) is 0 Å². The third-order valence-electron chi connectivity index (χ3n) is 6.02. The van der Waals surface area contributed by atoms with Crippen molar-refractivity contribution in [2.75, 3.05) is 0 Å². The van der Waals surface area contributed by atoms with Crippen molar-refractivity contribution in [3.63, 3.8) is 0 Å². The van der Waals surface area contributed by atoms with Crippen molar-refractivity contribution >= 4 is 5.57 Å². The number of rotatable bonds is 10. The van der Waals surface area contributed by atoms with Crippen molar-refractivity contribution < 1.29 is 5.11 Å². The third-order valence-corrected chi connectivity index (χ3v) is 6.02. The Morgan fingerprint density at radius 2 is 1.41 bits per heavy atom. The van der Waals surface area contributed by atoms with Gasteiger partial charge in [-0.15, -0.1) is 0 Å². The van der Waals surface area contributed by atoms with Crippen molar-refractivity contribution in [1.29, 1.82) is 0 Å². The highest BCUT2D eigenvalue weighted by Gasteiger charge is 2.38. The molecule has 1 heteroatoms. The van der Waals surface area contributed by atoms with Crippen molar-refractivity contribution in [2.45, 2.75) is 77.2 Å². The molecule has 3 rings (SSSR count). The Morgan fingerprint density at radius 1 is 0.741 bits per heavy atom. The second kappa shape index (κ2) is 9.37. The molecule has 0 aromatic heterocycles. The molecule has 0 spiro atoms. The van der Waals surface area contributed by atoms with E-state index in [-0.39, 0.29) is 0 Å². The van der Waals surface area contributed by atoms with E-state index in [9.17, 15) is 5.11 Å². The number of benzene rings is 2. The van der Waals surface area contributed by atoms with Crippen LogP contribution in [0.4, 0.5) is 0 Å². The van der Waals surface area contributed by atoms with Crippen LogP contribution in [0, 0.1) is 0 Å². The van der Waals surface area contributed by atoms with Crippen LogP contribution >= 0.6 is 0 Å². The summed E-state index contributed by atoms with van der Waals surface area (Å²) in [5, 5.41) is 11.4. The van der Waals surface area contributed by atoms with E-state index in [2.05, 4.69) is 61.5 Å². The predicted molar refractivity (Wildman–Crippen MR) is 116 cm³/mol. The summed E-state index contributed by atoms with van der Waals surface area (Å²) in [4.78, 5) is 0. The van der Waals surface area contributed by atoms with E-state index in [4.69, 9.17) is 0 Å². The Hall–Kier alpha value is -1.86. The fraction of sp³-hybridized carbons (Fsp3) is 0.462. The predicted octanol–water partition coefficient (Wildman–Crippen LogP) is 7.04. The lowest BCUT2D eigenvalue weighted by atomic mass is 9.88. The van der Waals surface area contributed by atoms with Crippen LogP contribution in [0.15, 0.2) is 60.2 Å². The van der Waals surface area contributed by atoms with Gasteiger partial charge in [0.1, 0.15) is 5.60 Å². The minimum atomic E-state index is -0.813. The molecule has 1 unspecified atom stereocenters. The molecule has 2 aromatic carbocycles. The summed E-state index contributed by atoms with van der Waals surface area (Å²) in [6.45, 7) is 4.25. The molecule has 0 saturated carbocycles. The Balaban J connectivity index is 1.75. The van der Waals surface area contributed by atoms with Gasteiger partial charge in [0.15, 0.2) is 0 Å². The average Bonchev–Trinajstić information content (AvgIpc) is 2.91. The number of fused-ring (bicyclic) bond motifs is 1. The van der Waals surface area contributed by atoms with Crippen LogP contribution in [0.25, 0.3) is 5.57 Å². The number of hydrogen-bond acceptors (Lipinski definition) is 1. The maximum atomic E-state index is 11.4. The molecule has 0 fully saturated rings. The van der Waals surface area contributed by atoms with Crippen LogP contribution in [0.5, 0.6) is 0 Å². The maximum absolute atomic E-state index is 11.4. The van der Waals surface area contributed by atoms with Crippen LogP contribution in [0.2, 0.25) is 0 Å². The summed E-state index contributed by atoms with van der Waals surface area (Å²) in [7, 11) is 0. The largest absolute Gasteiger partial charge is 0.381 e. The van der Waals surface area contributed by atoms with Crippen LogP contribution in [0.1, 0.15) is 81.9 Å². The maximum Gasteiger partial charge on any atom is 0.109 e. The highest BCUT2D eigenvalue weighted by Crippen LogP contribution is 2.48. The molecule has 0 aliphatic heterocycles. The summed E-state index contributed by atoms with van der Waals surface area (Å²) >= 11 is 0. The van der Waals surface area contributed by atoms with E-state index in [0.29, 0.717) is 0 Å². The third kappa shape index (κ3) is 4.71. The van der Waals surface area contributed by atoms with E-state index < -0.39 is 5.60 Å². The number of aliphatic hydroxyl groups is 1. The minimum Gasteiger partial charge on any atom is -0.381 e. The molecule has 0 bridgehead atoms. The molecule has 0 amide bonds. The number of allylic oxidation sites excluding steroid dienone is 1. The Bertz CT molecular complexity index is 755. The van der Waals surface area contributed by atoms with Crippen LogP contribution < -0.4 is 0 Å². The van der Waals surface area contributed by atoms with Gasteiger partial charge in [0.05, 0.1) is 0 Å². The Morgan fingerprint density at radius 3 is 2.19 bits per heavy atom. The lowest BCUT2D eigenvalue weighted by Gasteiger charge is -2.23. The smallest absolute Gasteiger partial charge is 0.109 e. The SMILES string of the molecule is CCCCCCCCC1=C(CCc2ccccc2)c2ccccc2C1(C)O. The highest BCUT2D eigenvalue weighted by atomic mass is 16.3. The average molecular weight is 363 g/mol. The summed E-state index contributed by atoms with van der Waals surface area (Å²) < 4.78 is 0. The summed E-state index contributed by atoms with van der Waals surface area (Å²) in [6, 6.07) is 19.1. The van der Waals surface area contributed by atoms with Gasteiger partial charge in [0.2, 0.25) is 0 Å². The van der Waals surface area contributed by atoms with Gasteiger partial charge in [-0.05, 0) is 60.4 Å². The van der Waals surface area contributed by atoms with E-state index in [1.807, 2.05) is 6.92 Å². The van der Waals surface area contributed by atoms with Crippen molar-refractivity contribution in [2.24, 2.45) is 0 Å². The Kier molecular flexibility index (Phi) is 6.90. The summed E-state index contributed by atoms with van der Waals surface area (Å²) in [5.74, 6) is 0. The van der Waals surface area contributed by atoms with Crippen molar-refractivity contribution in [1.82, 2.24) is 0 Å². The lowest BCUT2D eigenvalue weighted by molar-refractivity contribution is 0.0971. The zero-order chi connectivity index (χ0) is 19.1. The van der Waals surface area contributed by atoms with Gasteiger partial charge in [-0.2, -0.15) is 0 Å². The molecule has 1 N–H and O–H groups in total. The molecule has 1 nitrogen and oxygen atoms in total. The Labute approximate surface area is 165 Å². The molecule has 0 heterocycles. The molecular formula is C26H34O. The van der Waals surface area contributed by atoms with Gasteiger partial charge < -0.3 is 5.11 Å². The molecule has 2 aromatic rings. The number of aryl methyl sites for hydroxylation is 1. The van der Waals surface area contributed by atoms with Crippen LogP contribution in [-0.4, -0.2) is 5.11 Å². The summed E-state index contributed by atoms with van der Waals surface area (Å²) in [5.41, 5.74) is 5.55. The number of unbranched alkanes of at least 4 members (excludes halogenated alkanes) is 5. The van der Waals surface area contributed by atoms with Gasteiger partial charge in [-0.3, -0.25) is 0 Å². The van der Waals surface area contributed by atoms with E-state index in [1.54, 1.807) is 0 Å². The van der Waals surface area contributed by atoms with E-state index >= 15 is 0 Å². The minimum absolute atomic E-state index is 0.813. The van der Waals surface area contributed by atoms with Crippen LogP contribution in [-0.2, 0) is 12.0 Å². The van der Waals surface area contributed by atoms with Crippen molar-refractivity contribution in [3.8, 4) is 0 Å². The molecule has 0 radical (unpaired) electrons. The zero-order valence-electron chi connectivity index (χ0n) is 17.0. The molecule has 1 aliphatic carbocycles. The number of hydrogen-bond donors (Lipinski definition) is 1. The first-order valence-electron chi connectivity index (χ1n) is 10.7. The highest BCUT2D eigenvalue weighted by molar-refractivity contribution is 5.79. The zero-order valence-corrected chi connectivity index (χ0v) is 17.0. The van der Waals surface area contributed by atoms with E-state index in [1.165, 1.54) is 60.8 Å².